The summed E-state index contributed by atoms with van der Waals surface area (Å²) in [7, 11) is 1.44. The molecule has 0 aromatic heterocycles. The first kappa shape index (κ1) is 15.4. The summed E-state index contributed by atoms with van der Waals surface area (Å²) in [6.07, 6.45) is 3.81. The Hall–Kier alpha value is -0.570. The van der Waals surface area contributed by atoms with Crippen LogP contribution in [-0.2, 0) is 9.53 Å². The Kier molecular flexibility index (Phi) is 7.39. The molecule has 0 rings (SSSR count). The van der Waals surface area contributed by atoms with Crippen LogP contribution in [0.1, 0.15) is 53.4 Å². The topological polar surface area (TPSA) is 38.3 Å². The van der Waals surface area contributed by atoms with E-state index >= 15 is 0 Å². The molecule has 0 radical (unpaired) electrons. The highest BCUT2D eigenvalue weighted by Crippen LogP contribution is 2.16. The molecule has 0 bridgehead atoms. The van der Waals surface area contributed by atoms with Crippen molar-refractivity contribution in [3.63, 3.8) is 0 Å². The lowest BCUT2D eigenvalue weighted by Crippen LogP contribution is -2.45. The fourth-order valence-electron chi connectivity index (χ4n) is 1.72. The third-order valence-corrected chi connectivity index (χ3v) is 3.20. The second-order valence-electron chi connectivity index (χ2n) is 4.94. The van der Waals surface area contributed by atoms with E-state index in [1.54, 1.807) is 0 Å². The summed E-state index contributed by atoms with van der Waals surface area (Å²) in [6, 6.07) is 0. The Morgan fingerprint density at radius 3 is 2.50 bits per heavy atom. The van der Waals surface area contributed by atoms with Crippen LogP contribution in [0.4, 0.5) is 0 Å². The van der Waals surface area contributed by atoms with Gasteiger partial charge in [-0.25, -0.2) is 0 Å². The minimum atomic E-state index is -0.139. The monoisotopic (exact) mass is 229 g/mol. The molecule has 0 spiro atoms. The third kappa shape index (κ3) is 6.11. The molecule has 3 heteroatoms. The van der Waals surface area contributed by atoms with Crippen molar-refractivity contribution < 1.29 is 9.53 Å². The lowest BCUT2D eigenvalue weighted by molar-refractivity contribution is -0.142. The van der Waals surface area contributed by atoms with E-state index in [4.69, 9.17) is 4.74 Å². The number of hydrogen-bond donors (Lipinski definition) is 1. The van der Waals surface area contributed by atoms with E-state index in [9.17, 15) is 4.79 Å². The van der Waals surface area contributed by atoms with E-state index in [1.807, 2.05) is 0 Å². The number of carbonyl (C=O) groups excluding carboxylic acids is 1. The number of methoxy groups -OCH3 is 1. The van der Waals surface area contributed by atoms with Crippen molar-refractivity contribution in [1.82, 2.24) is 5.32 Å². The fourth-order valence-corrected chi connectivity index (χ4v) is 1.72. The van der Waals surface area contributed by atoms with Crippen LogP contribution < -0.4 is 5.32 Å². The van der Waals surface area contributed by atoms with Gasteiger partial charge in [-0.2, -0.15) is 0 Å². The van der Waals surface area contributed by atoms with E-state index in [0.29, 0.717) is 12.3 Å². The van der Waals surface area contributed by atoms with Crippen molar-refractivity contribution in [1.29, 1.82) is 0 Å². The summed E-state index contributed by atoms with van der Waals surface area (Å²) in [5, 5.41) is 3.49. The Morgan fingerprint density at radius 2 is 2.06 bits per heavy atom. The summed E-state index contributed by atoms with van der Waals surface area (Å²) in [6.45, 7) is 9.59. The zero-order valence-corrected chi connectivity index (χ0v) is 11.4. The van der Waals surface area contributed by atoms with Crippen LogP contribution in [0, 0.1) is 5.92 Å². The highest BCUT2D eigenvalue weighted by Gasteiger charge is 2.25. The summed E-state index contributed by atoms with van der Waals surface area (Å²) < 4.78 is 4.72. The summed E-state index contributed by atoms with van der Waals surface area (Å²) in [5.74, 6) is 0.522. The van der Waals surface area contributed by atoms with Crippen molar-refractivity contribution >= 4 is 5.97 Å². The average molecular weight is 229 g/mol. The number of esters is 1. The maximum Gasteiger partial charge on any atom is 0.307 e. The first-order chi connectivity index (χ1) is 7.47. The van der Waals surface area contributed by atoms with Crippen molar-refractivity contribution in [2.75, 3.05) is 13.7 Å². The van der Waals surface area contributed by atoms with Gasteiger partial charge in [0.05, 0.1) is 13.5 Å². The van der Waals surface area contributed by atoms with E-state index in [2.05, 4.69) is 33.0 Å². The smallest absolute Gasteiger partial charge is 0.307 e. The van der Waals surface area contributed by atoms with E-state index < -0.39 is 0 Å². The van der Waals surface area contributed by atoms with Gasteiger partial charge < -0.3 is 10.1 Å². The van der Waals surface area contributed by atoms with Gasteiger partial charge in [-0.1, -0.05) is 27.2 Å². The molecule has 0 aliphatic rings. The summed E-state index contributed by atoms with van der Waals surface area (Å²) >= 11 is 0. The van der Waals surface area contributed by atoms with Gasteiger partial charge in [-0.15, -0.1) is 0 Å². The van der Waals surface area contributed by atoms with E-state index in [-0.39, 0.29) is 11.5 Å². The third-order valence-electron chi connectivity index (χ3n) is 3.20. The molecule has 0 aromatic carbocycles. The maximum absolute atomic E-state index is 11.3. The molecule has 0 aromatic rings. The Morgan fingerprint density at radius 1 is 1.44 bits per heavy atom. The van der Waals surface area contributed by atoms with Crippen molar-refractivity contribution in [2.45, 2.75) is 58.9 Å². The Labute approximate surface area is 99.9 Å². The molecule has 0 saturated heterocycles. The zero-order chi connectivity index (χ0) is 12.6. The normalized spacial score (nSPS) is 16.6. The molecule has 0 aliphatic carbocycles. The average Bonchev–Trinajstić information content (AvgIpc) is 2.27. The van der Waals surface area contributed by atoms with Crippen molar-refractivity contribution in [2.24, 2.45) is 5.92 Å². The predicted molar refractivity (Wildman–Crippen MR) is 67.4 cm³/mol. The molecule has 0 aliphatic heterocycles. The molecule has 2 atom stereocenters. The van der Waals surface area contributed by atoms with Gasteiger partial charge in [-0.05, 0) is 32.2 Å². The van der Waals surface area contributed by atoms with Crippen molar-refractivity contribution in [3.05, 3.63) is 0 Å². The van der Waals surface area contributed by atoms with Gasteiger partial charge in [0.2, 0.25) is 0 Å². The number of nitrogens with one attached hydrogen (secondary N) is 1. The molecule has 1 N–H and O–H groups in total. The molecule has 0 saturated carbocycles. The lowest BCUT2D eigenvalue weighted by atomic mass is 9.93. The fraction of sp³-hybridized carbons (Fsp3) is 0.923. The zero-order valence-electron chi connectivity index (χ0n) is 11.4. The molecule has 0 amide bonds. The highest BCUT2D eigenvalue weighted by molar-refractivity contribution is 5.70. The quantitative estimate of drug-likeness (QED) is 0.650. The van der Waals surface area contributed by atoms with E-state index in [1.165, 1.54) is 20.0 Å². The van der Waals surface area contributed by atoms with Crippen LogP contribution in [-0.4, -0.2) is 25.2 Å². The Bertz CT molecular complexity index is 206. The summed E-state index contributed by atoms with van der Waals surface area (Å²) in [4.78, 5) is 11.3. The minimum absolute atomic E-state index is 0.130. The van der Waals surface area contributed by atoms with Crippen LogP contribution in [0.15, 0.2) is 0 Å². The number of carbonyl (C=O) groups is 1. The maximum atomic E-state index is 11.3. The molecule has 16 heavy (non-hydrogen) atoms. The van der Waals surface area contributed by atoms with Crippen LogP contribution in [0.5, 0.6) is 0 Å². The van der Waals surface area contributed by atoms with Gasteiger partial charge in [-0.3, -0.25) is 4.79 Å². The second kappa shape index (κ2) is 7.66. The lowest BCUT2D eigenvalue weighted by Gasteiger charge is -2.30. The molecular weight excluding hydrogens is 202 g/mol. The molecule has 2 unspecified atom stereocenters. The first-order valence-electron chi connectivity index (χ1n) is 6.29. The highest BCUT2D eigenvalue weighted by atomic mass is 16.5. The van der Waals surface area contributed by atoms with Gasteiger partial charge in [0.25, 0.3) is 0 Å². The van der Waals surface area contributed by atoms with Crippen LogP contribution >= 0.6 is 0 Å². The molecule has 96 valence electrons. The van der Waals surface area contributed by atoms with Crippen LogP contribution in [0.3, 0.4) is 0 Å². The molecule has 0 fully saturated rings. The van der Waals surface area contributed by atoms with Gasteiger partial charge in [0.1, 0.15) is 0 Å². The van der Waals surface area contributed by atoms with Crippen LogP contribution in [0.25, 0.3) is 0 Å². The van der Waals surface area contributed by atoms with E-state index in [0.717, 1.165) is 13.0 Å². The minimum Gasteiger partial charge on any atom is -0.469 e. The second-order valence-corrected chi connectivity index (χ2v) is 4.94. The van der Waals surface area contributed by atoms with Crippen molar-refractivity contribution in [3.8, 4) is 0 Å². The molecule has 0 heterocycles. The molecular formula is C13H27NO2. The number of hydrogen-bond acceptors (Lipinski definition) is 3. The largest absolute Gasteiger partial charge is 0.469 e. The molecule has 3 nitrogen and oxygen atoms in total. The predicted octanol–water partition coefficient (Wildman–Crippen LogP) is 2.74. The SMILES string of the molecule is CCCC(C)CNC(C)(CC)CC(=O)OC. The standard InChI is InChI=1S/C13H27NO2/c1-6-8-11(3)10-14-13(4,7-2)9-12(15)16-5/h11,14H,6-10H2,1-5H3. The van der Waals surface area contributed by atoms with Gasteiger partial charge >= 0.3 is 5.97 Å². The number of ether oxygens (including phenoxy) is 1. The van der Waals surface area contributed by atoms with Crippen LogP contribution in [0.2, 0.25) is 0 Å². The van der Waals surface area contributed by atoms with Gasteiger partial charge in [0.15, 0.2) is 0 Å². The first-order valence-corrected chi connectivity index (χ1v) is 6.29. The Balaban J connectivity index is 4.10. The number of rotatable bonds is 8. The summed E-state index contributed by atoms with van der Waals surface area (Å²) in [5.41, 5.74) is -0.130. The van der Waals surface area contributed by atoms with Gasteiger partial charge in [0, 0.05) is 5.54 Å².